The number of urea groups is 1. The van der Waals surface area contributed by atoms with E-state index in [4.69, 9.17) is 0 Å². The van der Waals surface area contributed by atoms with Crippen molar-refractivity contribution in [2.45, 2.75) is 30.6 Å². The summed E-state index contributed by atoms with van der Waals surface area (Å²) in [6, 6.07) is 13.2. The van der Waals surface area contributed by atoms with E-state index in [0.717, 1.165) is 18.4 Å². The molecule has 1 saturated heterocycles. The van der Waals surface area contributed by atoms with Gasteiger partial charge in [-0.1, -0.05) is 12.1 Å². The van der Waals surface area contributed by atoms with Crippen molar-refractivity contribution in [1.82, 2.24) is 9.62 Å². The zero-order valence-corrected chi connectivity index (χ0v) is 17.7. The highest BCUT2D eigenvalue weighted by molar-refractivity contribution is 7.89. The van der Waals surface area contributed by atoms with Crippen molar-refractivity contribution in [3.05, 3.63) is 54.1 Å². The van der Waals surface area contributed by atoms with Crippen LogP contribution >= 0.6 is 0 Å². The van der Waals surface area contributed by atoms with Crippen molar-refractivity contribution >= 4 is 33.3 Å². The average molecular weight is 431 g/mol. The summed E-state index contributed by atoms with van der Waals surface area (Å²) in [6.07, 6.45) is 2.59. The fourth-order valence-electron chi connectivity index (χ4n) is 3.22. The number of anilines is 2. The Kier molecular flexibility index (Phi) is 7.07. The normalized spacial score (nSPS) is 14.3. The molecule has 1 fully saturated rings. The third kappa shape index (κ3) is 5.58. The lowest BCUT2D eigenvalue weighted by molar-refractivity contribution is -0.116. The molecule has 160 valence electrons. The summed E-state index contributed by atoms with van der Waals surface area (Å²) in [5, 5.41) is 7.92. The Hall–Kier alpha value is -2.91. The summed E-state index contributed by atoms with van der Waals surface area (Å²) in [4.78, 5) is 23.8. The number of nitrogens with zero attached hydrogens (tertiary/aromatic N) is 1. The minimum Gasteiger partial charge on any atom is -0.341 e. The second kappa shape index (κ2) is 9.73. The Morgan fingerprint density at radius 3 is 2.03 bits per heavy atom. The van der Waals surface area contributed by atoms with Crippen LogP contribution in [0.4, 0.5) is 16.2 Å². The maximum atomic E-state index is 12.6. The highest BCUT2D eigenvalue weighted by Gasteiger charge is 2.26. The lowest BCUT2D eigenvalue weighted by atomic mass is 10.1. The van der Waals surface area contributed by atoms with Gasteiger partial charge in [0.25, 0.3) is 0 Å². The molecule has 8 nitrogen and oxygen atoms in total. The molecule has 1 aliphatic heterocycles. The number of carbonyl (C=O) groups excluding carboxylic acids is 2. The van der Waals surface area contributed by atoms with Crippen LogP contribution in [0.5, 0.6) is 0 Å². The molecular weight excluding hydrogens is 404 g/mol. The highest BCUT2D eigenvalue weighted by atomic mass is 32.2. The van der Waals surface area contributed by atoms with Crippen molar-refractivity contribution in [2.24, 2.45) is 0 Å². The lowest BCUT2D eigenvalue weighted by Gasteiger charge is -2.15. The number of aryl methyl sites for hydroxylation is 1. The van der Waals surface area contributed by atoms with Gasteiger partial charge >= 0.3 is 6.03 Å². The second-order valence-electron chi connectivity index (χ2n) is 7.08. The van der Waals surface area contributed by atoms with Gasteiger partial charge in [-0.2, -0.15) is 4.31 Å². The number of sulfonamides is 1. The first-order valence-electron chi connectivity index (χ1n) is 9.86. The molecule has 0 radical (unpaired) electrons. The Morgan fingerprint density at radius 2 is 1.47 bits per heavy atom. The fourth-order valence-corrected chi connectivity index (χ4v) is 4.73. The van der Waals surface area contributed by atoms with Crippen LogP contribution in [-0.2, 0) is 21.2 Å². The van der Waals surface area contributed by atoms with Crippen LogP contribution < -0.4 is 16.0 Å². The van der Waals surface area contributed by atoms with Crippen LogP contribution in [0.2, 0.25) is 0 Å². The van der Waals surface area contributed by atoms with E-state index in [0.29, 0.717) is 35.8 Å². The average Bonchev–Trinajstić information content (AvgIpc) is 3.30. The smallest absolute Gasteiger partial charge is 0.318 e. The molecule has 1 heterocycles. The van der Waals surface area contributed by atoms with Crippen LogP contribution in [0, 0.1) is 0 Å². The van der Waals surface area contributed by atoms with Crippen molar-refractivity contribution in [2.75, 3.05) is 30.8 Å². The summed E-state index contributed by atoms with van der Waals surface area (Å²) >= 11 is 0. The van der Waals surface area contributed by atoms with Crippen molar-refractivity contribution in [3.63, 3.8) is 0 Å². The number of amides is 3. The molecule has 9 heteroatoms. The molecule has 2 aromatic rings. The number of nitrogens with one attached hydrogen (secondary N) is 3. The molecule has 1 aliphatic rings. The van der Waals surface area contributed by atoms with Crippen molar-refractivity contribution in [3.8, 4) is 0 Å². The van der Waals surface area contributed by atoms with Crippen molar-refractivity contribution in [1.29, 1.82) is 0 Å². The maximum Gasteiger partial charge on any atom is 0.318 e. The SMILES string of the molecule is CNC(=O)Nc1ccc(NC(=O)CCc2ccc(S(=O)(=O)N3CCCC3)cc2)cc1. The van der Waals surface area contributed by atoms with E-state index in [1.165, 1.54) is 11.4 Å². The van der Waals surface area contributed by atoms with E-state index in [-0.39, 0.29) is 18.4 Å². The van der Waals surface area contributed by atoms with Gasteiger partial charge in [0.15, 0.2) is 0 Å². The molecule has 3 rings (SSSR count). The van der Waals surface area contributed by atoms with E-state index >= 15 is 0 Å². The Morgan fingerprint density at radius 1 is 0.900 bits per heavy atom. The lowest BCUT2D eigenvalue weighted by Crippen LogP contribution is -2.27. The van der Waals surface area contributed by atoms with Gasteiger partial charge in [0.1, 0.15) is 0 Å². The zero-order chi connectivity index (χ0) is 21.6. The van der Waals surface area contributed by atoms with Gasteiger partial charge in [-0.25, -0.2) is 13.2 Å². The van der Waals surface area contributed by atoms with Crippen molar-refractivity contribution < 1.29 is 18.0 Å². The van der Waals surface area contributed by atoms with Gasteiger partial charge in [-0.05, 0) is 61.2 Å². The molecule has 0 bridgehead atoms. The van der Waals surface area contributed by atoms with E-state index in [1.807, 2.05) is 0 Å². The van der Waals surface area contributed by atoms with E-state index < -0.39 is 10.0 Å². The Labute approximate surface area is 176 Å². The number of hydrogen-bond donors (Lipinski definition) is 3. The first-order valence-corrected chi connectivity index (χ1v) is 11.3. The zero-order valence-electron chi connectivity index (χ0n) is 16.8. The topological polar surface area (TPSA) is 108 Å². The number of carbonyl (C=O) groups is 2. The van der Waals surface area contributed by atoms with Gasteiger partial charge < -0.3 is 16.0 Å². The van der Waals surface area contributed by atoms with E-state index in [2.05, 4.69) is 16.0 Å². The first kappa shape index (κ1) is 21.8. The monoisotopic (exact) mass is 430 g/mol. The van der Waals surface area contributed by atoms with E-state index in [1.54, 1.807) is 48.5 Å². The van der Waals surface area contributed by atoms with E-state index in [9.17, 15) is 18.0 Å². The quantitative estimate of drug-likeness (QED) is 0.628. The number of rotatable bonds is 7. The molecule has 3 N–H and O–H groups in total. The summed E-state index contributed by atoms with van der Waals surface area (Å²) in [6.45, 7) is 1.15. The van der Waals surface area contributed by atoms with Gasteiger partial charge in [0.05, 0.1) is 4.90 Å². The summed E-state index contributed by atoms with van der Waals surface area (Å²) in [5.41, 5.74) is 2.15. The number of benzene rings is 2. The Bertz CT molecular complexity index is 983. The second-order valence-corrected chi connectivity index (χ2v) is 9.02. The minimum absolute atomic E-state index is 0.143. The summed E-state index contributed by atoms with van der Waals surface area (Å²) in [5.74, 6) is -0.143. The number of hydrogen-bond acceptors (Lipinski definition) is 4. The maximum absolute atomic E-state index is 12.6. The van der Waals surface area contributed by atoms with Crippen LogP contribution in [0.3, 0.4) is 0 Å². The molecule has 0 atom stereocenters. The van der Waals surface area contributed by atoms with Crippen LogP contribution in [-0.4, -0.2) is 44.8 Å². The minimum atomic E-state index is -3.42. The third-order valence-electron chi connectivity index (χ3n) is 4.92. The van der Waals surface area contributed by atoms with Gasteiger partial charge in [0, 0.05) is 37.9 Å². The van der Waals surface area contributed by atoms with Crippen LogP contribution in [0.15, 0.2) is 53.4 Å². The van der Waals surface area contributed by atoms with Gasteiger partial charge in [-0.3, -0.25) is 4.79 Å². The molecule has 2 aromatic carbocycles. The molecular formula is C21H26N4O4S. The highest BCUT2D eigenvalue weighted by Crippen LogP contribution is 2.21. The third-order valence-corrected chi connectivity index (χ3v) is 6.83. The molecule has 0 saturated carbocycles. The largest absolute Gasteiger partial charge is 0.341 e. The molecule has 0 aliphatic carbocycles. The Balaban J connectivity index is 1.50. The first-order chi connectivity index (χ1) is 14.4. The van der Waals surface area contributed by atoms with Crippen LogP contribution in [0.1, 0.15) is 24.8 Å². The van der Waals surface area contributed by atoms with Gasteiger partial charge in [0.2, 0.25) is 15.9 Å². The summed E-state index contributed by atoms with van der Waals surface area (Å²) < 4.78 is 26.6. The molecule has 30 heavy (non-hydrogen) atoms. The predicted molar refractivity (Wildman–Crippen MR) is 116 cm³/mol. The summed E-state index contributed by atoms with van der Waals surface area (Å²) in [7, 11) is -1.88. The molecule has 3 amide bonds. The van der Waals surface area contributed by atoms with Gasteiger partial charge in [-0.15, -0.1) is 0 Å². The standard InChI is InChI=1S/C21H26N4O4S/c1-22-21(27)24-18-9-7-17(8-10-18)23-20(26)13-6-16-4-11-19(12-5-16)30(28,29)25-14-2-3-15-25/h4-5,7-12H,2-3,6,13-15H2,1H3,(H,23,26)(H2,22,24,27). The van der Waals surface area contributed by atoms with Crippen LogP contribution in [0.25, 0.3) is 0 Å². The fraction of sp³-hybridized carbons (Fsp3) is 0.333. The predicted octanol–water partition coefficient (Wildman–Crippen LogP) is 2.79. The molecule has 0 spiro atoms. The molecule has 0 aromatic heterocycles. The molecule has 0 unspecified atom stereocenters.